The Bertz CT molecular complexity index is 414. The summed E-state index contributed by atoms with van der Waals surface area (Å²) in [5.74, 6) is -2.60. The maximum atomic E-state index is 11.7. The average molecular weight is 329 g/mol. The van der Waals surface area contributed by atoms with E-state index in [-0.39, 0.29) is 19.0 Å². The number of hydrogen-bond acceptors (Lipinski definition) is 7. The van der Waals surface area contributed by atoms with Crippen molar-refractivity contribution in [3.63, 3.8) is 0 Å². The Morgan fingerprint density at radius 1 is 1.09 bits per heavy atom. The summed E-state index contributed by atoms with van der Waals surface area (Å²) in [7, 11) is 6.38. The summed E-state index contributed by atoms with van der Waals surface area (Å²) in [5.41, 5.74) is 0.861. The van der Waals surface area contributed by atoms with Gasteiger partial charge in [0.25, 0.3) is 0 Å². The largest absolute Gasteiger partial charge is 0.468 e. The van der Waals surface area contributed by atoms with Crippen molar-refractivity contribution in [2.45, 2.75) is 26.2 Å². The van der Waals surface area contributed by atoms with Crippen molar-refractivity contribution in [1.29, 1.82) is 0 Å². The standard InChI is InChI=1S/C16H27NO6/c1-12(18)23-11-13(7-6-10-17(2)3)8-9-14(15(19)21-4)16(20)22-5/h7,14H,6,8-11H2,1-5H3/b13-7+. The van der Waals surface area contributed by atoms with E-state index in [0.717, 1.165) is 18.5 Å². The highest BCUT2D eigenvalue weighted by Gasteiger charge is 2.28. The molecule has 0 aliphatic carbocycles. The molecule has 0 fully saturated rings. The van der Waals surface area contributed by atoms with E-state index in [4.69, 9.17) is 4.74 Å². The van der Waals surface area contributed by atoms with Gasteiger partial charge in [-0.2, -0.15) is 0 Å². The van der Waals surface area contributed by atoms with Gasteiger partial charge in [-0.15, -0.1) is 0 Å². The van der Waals surface area contributed by atoms with Gasteiger partial charge in [0, 0.05) is 13.5 Å². The van der Waals surface area contributed by atoms with Crippen molar-refractivity contribution in [2.24, 2.45) is 5.92 Å². The van der Waals surface area contributed by atoms with Gasteiger partial charge in [-0.05, 0) is 38.9 Å². The van der Waals surface area contributed by atoms with Gasteiger partial charge in [0.05, 0.1) is 14.2 Å². The van der Waals surface area contributed by atoms with Crippen LogP contribution < -0.4 is 0 Å². The topological polar surface area (TPSA) is 82.1 Å². The third kappa shape index (κ3) is 9.67. The maximum absolute atomic E-state index is 11.7. The van der Waals surface area contributed by atoms with Gasteiger partial charge in [0.2, 0.25) is 0 Å². The molecule has 0 atom stereocenters. The fraction of sp³-hybridized carbons (Fsp3) is 0.688. The van der Waals surface area contributed by atoms with Crippen LogP contribution in [-0.4, -0.2) is 64.3 Å². The second-order valence-corrected chi connectivity index (χ2v) is 5.37. The lowest BCUT2D eigenvalue weighted by Gasteiger charge is -2.14. The first-order valence-corrected chi connectivity index (χ1v) is 7.43. The minimum absolute atomic E-state index is 0.151. The van der Waals surface area contributed by atoms with E-state index in [0.29, 0.717) is 6.42 Å². The Balaban J connectivity index is 4.79. The number of ether oxygens (including phenoxy) is 3. The summed E-state index contributed by atoms with van der Waals surface area (Å²) in [6.07, 6.45) is 3.43. The van der Waals surface area contributed by atoms with Crippen LogP contribution in [0.1, 0.15) is 26.2 Å². The van der Waals surface area contributed by atoms with Crippen LogP contribution in [0.3, 0.4) is 0 Å². The number of nitrogens with zero attached hydrogens (tertiary/aromatic N) is 1. The van der Waals surface area contributed by atoms with Crippen LogP contribution in [0.5, 0.6) is 0 Å². The lowest BCUT2D eigenvalue weighted by Crippen LogP contribution is -2.26. The van der Waals surface area contributed by atoms with Crippen LogP contribution in [0.2, 0.25) is 0 Å². The van der Waals surface area contributed by atoms with Crippen LogP contribution >= 0.6 is 0 Å². The van der Waals surface area contributed by atoms with Crippen LogP contribution in [-0.2, 0) is 28.6 Å². The van der Waals surface area contributed by atoms with Gasteiger partial charge in [-0.25, -0.2) is 0 Å². The Kier molecular flexibility index (Phi) is 10.7. The molecule has 0 aromatic heterocycles. The van der Waals surface area contributed by atoms with Crippen molar-refractivity contribution in [3.8, 4) is 0 Å². The van der Waals surface area contributed by atoms with E-state index in [1.54, 1.807) is 0 Å². The number of hydrogen-bond donors (Lipinski definition) is 0. The Morgan fingerprint density at radius 3 is 2.09 bits per heavy atom. The molecule has 0 aromatic carbocycles. The molecule has 0 amide bonds. The molecule has 7 heteroatoms. The zero-order valence-electron chi connectivity index (χ0n) is 14.6. The second-order valence-electron chi connectivity index (χ2n) is 5.37. The lowest BCUT2D eigenvalue weighted by molar-refractivity contribution is -0.159. The quantitative estimate of drug-likeness (QED) is 0.257. The summed E-state index contributed by atoms with van der Waals surface area (Å²) in [6, 6.07) is 0. The van der Waals surface area contributed by atoms with Crippen LogP contribution in [0.4, 0.5) is 0 Å². The molecule has 0 spiro atoms. The molecule has 0 N–H and O–H groups in total. The molecular formula is C16H27NO6. The molecule has 0 aliphatic heterocycles. The minimum atomic E-state index is -0.973. The number of methoxy groups -OCH3 is 2. The molecular weight excluding hydrogens is 302 g/mol. The second kappa shape index (κ2) is 11.6. The highest BCUT2D eigenvalue weighted by atomic mass is 16.5. The predicted molar refractivity (Wildman–Crippen MR) is 84.6 cm³/mol. The third-order valence-electron chi connectivity index (χ3n) is 3.20. The van der Waals surface area contributed by atoms with Gasteiger partial charge in [-0.3, -0.25) is 14.4 Å². The predicted octanol–water partition coefficient (Wildman–Crippen LogP) is 1.17. The molecule has 7 nitrogen and oxygen atoms in total. The Hall–Kier alpha value is -1.89. The molecule has 0 saturated carbocycles. The number of esters is 3. The fourth-order valence-corrected chi connectivity index (χ4v) is 1.90. The first kappa shape index (κ1) is 21.1. The van der Waals surface area contributed by atoms with E-state index in [1.165, 1.54) is 21.1 Å². The number of rotatable bonds is 10. The van der Waals surface area contributed by atoms with E-state index < -0.39 is 17.9 Å². The molecule has 23 heavy (non-hydrogen) atoms. The zero-order valence-corrected chi connectivity index (χ0v) is 14.6. The van der Waals surface area contributed by atoms with Crippen LogP contribution in [0, 0.1) is 5.92 Å². The molecule has 0 heterocycles. The monoisotopic (exact) mass is 329 g/mol. The van der Waals surface area contributed by atoms with Gasteiger partial charge in [-0.1, -0.05) is 6.08 Å². The van der Waals surface area contributed by atoms with E-state index in [1.807, 2.05) is 25.1 Å². The Morgan fingerprint density at radius 2 is 1.65 bits per heavy atom. The summed E-state index contributed by atoms with van der Waals surface area (Å²) >= 11 is 0. The first-order chi connectivity index (χ1) is 10.8. The molecule has 0 unspecified atom stereocenters. The molecule has 0 aliphatic rings. The fourth-order valence-electron chi connectivity index (χ4n) is 1.90. The minimum Gasteiger partial charge on any atom is -0.468 e. The summed E-state index contributed by atoms with van der Waals surface area (Å²) < 4.78 is 14.3. The zero-order chi connectivity index (χ0) is 17.8. The normalized spacial score (nSPS) is 11.5. The molecule has 132 valence electrons. The van der Waals surface area contributed by atoms with Crippen molar-refractivity contribution >= 4 is 17.9 Å². The highest BCUT2D eigenvalue weighted by Crippen LogP contribution is 2.16. The molecule has 0 rings (SSSR count). The summed E-state index contributed by atoms with van der Waals surface area (Å²) in [5, 5.41) is 0. The summed E-state index contributed by atoms with van der Waals surface area (Å²) in [6.45, 7) is 2.34. The van der Waals surface area contributed by atoms with Gasteiger partial charge in [0.1, 0.15) is 6.61 Å². The molecule has 0 bridgehead atoms. The summed E-state index contributed by atoms with van der Waals surface area (Å²) in [4.78, 5) is 36.3. The smallest absolute Gasteiger partial charge is 0.320 e. The van der Waals surface area contributed by atoms with Crippen LogP contribution in [0.25, 0.3) is 0 Å². The SMILES string of the molecule is COC(=O)C(CC/C(=C\CCN(C)C)COC(C)=O)C(=O)OC. The van der Waals surface area contributed by atoms with Crippen molar-refractivity contribution < 1.29 is 28.6 Å². The van der Waals surface area contributed by atoms with Crippen LogP contribution in [0.15, 0.2) is 11.6 Å². The number of carbonyl (C=O) groups is 3. The van der Waals surface area contributed by atoms with E-state index in [2.05, 4.69) is 9.47 Å². The van der Waals surface area contributed by atoms with E-state index in [9.17, 15) is 14.4 Å². The average Bonchev–Trinajstić information content (AvgIpc) is 2.50. The van der Waals surface area contributed by atoms with Gasteiger partial charge >= 0.3 is 17.9 Å². The Labute approximate surface area is 137 Å². The highest BCUT2D eigenvalue weighted by molar-refractivity contribution is 5.94. The van der Waals surface area contributed by atoms with Crippen molar-refractivity contribution in [3.05, 3.63) is 11.6 Å². The lowest BCUT2D eigenvalue weighted by atomic mass is 9.99. The van der Waals surface area contributed by atoms with Gasteiger partial charge in [0.15, 0.2) is 5.92 Å². The molecule has 0 aromatic rings. The number of carbonyl (C=O) groups excluding carboxylic acids is 3. The molecule has 0 radical (unpaired) electrons. The van der Waals surface area contributed by atoms with Crippen molar-refractivity contribution in [1.82, 2.24) is 4.90 Å². The first-order valence-electron chi connectivity index (χ1n) is 7.43. The molecule has 0 saturated heterocycles. The van der Waals surface area contributed by atoms with Crippen molar-refractivity contribution in [2.75, 3.05) is 41.5 Å². The maximum Gasteiger partial charge on any atom is 0.320 e. The van der Waals surface area contributed by atoms with Gasteiger partial charge < -0.3 is 19.1 Å². The van der Waals surface area contributed by atoms with E-state index >= 15 is 0 Å². The third-order valence-corrected chi connectivity index (χ3v) is 3.20.